The van der Waals surface area contributed by atoms with E-state index in [2.05, 4.69) is 5.73 Å². The molecule has 0 spiro atoms. The minimum atomic E-state index is -4.67. The second-order valence-corrected chi connectivity index (χ2v) is 1.94. The van der Waals surface area contributed by atoms with Crippen LogP contribution in [0.1, 0.15) is 0 Å². The molecule has 0 aliphatic heterocycles. The molecule has 0 aromatic rings. The fraction of sp³-hybridized carbons (Fsp3) is 0.500. The maximum atomic E-state index is 9.24. The van der Waals surface area contributed by atoms with Crippen molar-refractivity contribution in [2.45, 2.75) is 0 Å². The molecule has 0 saturated carbocycles. The van der Waals surface area contributed by atoms with E-state index in [-0.39, 0.29) is 6.54 Å². The van der Waals surface area contributed by atoms with Crippen molar-refractivity contribution >= 4 is 16.4 Å². The van der Waals surface area contributed by atoms with Gasteiger partial charge in [-0.2, -0.15) is 8.42 Å². The lowest BCUT2D eigenvalue weighted by Gasteiger charge is -1.73. The van der Waals surface area contributed by atoms with E-state index >= 15 is 0 Å². The largest absolute Gasteiger partial charge is 0.480 e. The highest BCUT2D eigenvalue weighted by Crippen LogP contribution is 1.59. The summed E-state index contributed by atoms with van der Waals surface area (Å²) in [6, 6.07) is 0. The van der Waals surface area contributed by atoms with Crippen molar-refractivity contribution in [1.29, 1.82) is 0 Å². The van der Waals surface area contributed by atoms with Crippen LogP contribution >= 0.6 is 0 Å². The molecular weight excluding hydrogens is 166 g/mol. The second-order valence-electron chi connectivity index (χ2n) is 1.05. The minimum Gasteiger partial charge on any atom is -0.480 e. The summed E-state index contributed by atoms with van der Waals surface area (Å²) in [6.45, 7) is -0.278. The van der Waals surface area contributed by atoms with E-state index in [0.717, 1.165) is 0 Å². The summed E-state index contributed by atoms with van der Waals surface area (Å²) < 4.78 is 31.6. The van der Waals surface area contributed by atoms with E-state index in [9.17, 15) is 4.79 Å². The number of hydrogen-bond acceptors (Lipinski definition) is 4. The van der Waals surface area contributed by atoms with Crippen molar-refractivity contribution in [3.05, 3.63) is 0 Å². The molecule has 0 radical (unpaired) electrons. The lowest BCUT2D eigenvalue weighted by Crippen LogP contribution is -2.10. The van der Waals surface area contributed by atoms with Crippen molar-refractivity contribution in [2.75, 3.05) is 6.54 Å². The quantitative estimate of drug-likeness (QED) is 0.349. The van der Waals surface area contributed by atoms with E-state index < -0.39 is 16.4 Å². The standard InChI is InChI=1S/C2H5NO2.H2O4S/c3-1-2(4)5;1-5(2,3)4/h1,3H2,(H,4,5);(H2,1,2,3,4). The van der Waals surface area contributed by atoms with Gasteiger partial charge in [-0.15, -0.1) is 0 Å². The van der Waals surface area contributed by atoms with Gasteiger partial charge in [0, 0.05) is 0 Å². The summed E-state index contributed by atoms with van der Waals surface area (Å²) in [4.78, 5) is 9.24. The first-order valence-electron chi connectivity index (χ1n) is 1.89. The second kappa shape index (κ2) is 5.11. The lowest BCUT2D eigenvalue weighted by atomic mass is 10.7. The highest BCUT2D eigenvalue weighted by molar-refractivity contribution is 7.79. The van der Waals surface area contributed by atoms with Gasteiger partial charge >= 0.3 is 16.4 Å². The van der Waals surface area contributed by atoms with Crippen molar-refractivity contribution < 1.29 is 27.4 Å². The average molecular weight is 173 g/mol. The zero-order chi connectivity index (χ0) is 8.78. The first-order valence-corrected chi connectivity index (χ1v) is 3.28. The first kappa shape index (κ1) is 12.0. The van der Waals surface area contributed by atoms with Crippen LogP contribution in [0.3, 0.4) is 0 Å². The molecule has 0 rings (SSSR count). The van der Waals surface area contributed by atoms with Crippen LogP contribution in [0.25, 0.3) is 0 Å². The summed E-state index contributed by atoms with van der Waals surface area (Å²) in [5.41, 5.74) is 4.57. The molecule has 62 valence electrons. The molecule has 0 aromatic carbocycles. The summed E-state index contributed by atoms with van der Waals surface area (Å²) in [5, 5.41) is 7.60. The fourth-order valence-corrected chi connectivity index (χ4v) is 0. The zero-order valence-corrected chi connectivity index (χ0v) is 5.58. The van der Waals surface area contributed by atoms with Crippen molar-refractivity contribution in [3.63, 3.8) is 0 Å². The van der Waals surface area contributed by atoms with E-state index in [1.54, 1.807) is 0 Å². The van der Waals surface area contributed by atoms with Crippen molar-refractivity contribution in [1.82, 2.24) is 0 Å². The molecule has 0 fully saturated rings. The van der Waals surface area contributed by atoms with Gasteiger partial charge in [0.25, 0.3) is 0 Å². The maximum Gasteiger partial charge on any atom is 0.394 e. The highest BCUT2D eigenvalue weighted by Gasteiger charge is 1.84. The number of nitrogens with two attached hydrogens (primary N) is 1. The van der Waals surface area contributed by atoms with Gasteiger partial charge in [0.1, 0.15) is 0 Å². The molecular formula is C2H7NO6S. The Balaban J connectivity index is 0. The summed E-state index contributed by atoms with van der Waals surface area (Å²) in [7, 11) is -4.67. The van der Waals surface area contributed by atoms with Gasteiger partial charge < -0.3 is 10.8 Å². The van der Waals surface area contributed by atoms with Crippen LogP contribution in [0.5, 0.6) is 0 Å². The molecule has 7 nitrogen and oxygen atoms in total. The molecule has 5 N–H and O–H groups in total. The molecule has 0 atom stereocenters. The van der Waals surface area contributed by atoms with Gasteiger partial charge in [-0.1, -0.05) is 0 Å². The van der Waals surface area contributed by atoms with Crippen molar-refractivity contribution in [3.8, 4) is 0 Å². The molecule has 0 amide bonds. The Kier molecular flexibility index (Phi) is 6.15. The van der Waals surface area contributed by atoms with Gasteiger partial charge in [-0.05, 0) is 0 Å². The van der Waals surface area contributed by atoms with Crippen molar-refractivity contribution in [2.24, 2.45) is 5.73 Å². The third-order valence-corrected chi connectivity index (χ3v) is 0.175. The predicted octanol–water partition coefficient (Wildman–Crippen LogP) is -1.62. The Hall–Kier alpha value is -0.700. The summed E-state index contributed by atoms with van der Waals surface area (Å²) >= 11 is 0. The van der Waals surface area contributed by atoms with Crippen LogP contribution in [0, 0.1) is 0 Å². The SMILES string of the molecule is NCC(=O)O.O=S(=O)(O)O. The Bertz CT molecular complexity index is 174. The highest BCUT2D eigenvalue weighted by atomic mass is 32.3. The van der Waals surface area contributed by atoms with Crippen LogP contribution in [0.15, 0.2) is 0 Å². The minimum absolute atomic E-state index is 0.278. The molecule has 0 unspecified atom stereocenters. The number of carboxylic acid groups (broad SMARTS) is 1. The van der Waals surface area contributed by atoms with Crippen LogP contribution < -0.4 is 5.73 Å². The number of aliphatic carboxylic acids is 1. The topological polar surface area (TPSA) is 138 Å². The van der Waals surface area contributed by atoms with Gasteiger partial charge in [-0.25, -0.2) is 0 Å². The van der Waals surface area contributed by atoms with Crippen LogP contribution in [0.2, 0.25) is 0 Å². The third kappa shape index (κ3) is 171. The predicted molar refractivity (Wildman–Crippen MR) is 30.9 cm³/mol. The number of carbonyl (C=O) groups is 1. The van der Waals surface area contributed by atoms with Crippen LogP contribution in [0.4, 0.5) is 0 Å². The number of rotatable bonds is 1. The Morgan fingerprint density at radius 2 is 1.50 bits per heavy atom. The lowest BCUT2D eigenvalue weighted by molar-refractivity contribution is -0.135. The molecule has 0 aliphatic carbocycles. The third-order valence-electron chi connectivity index (χ3n) is 0.175. The average Bonchev–Trinajstić information content (AvgIpc) is 1.61. The molecule has 10 heavy (non-hydrogen) atoms. The molecule has 0 heterocycles. The van der Waals surface area contributed by atoms with E-state index in [1.165, 1.54) is 0 Å². The Morgan fingerprint density at radius 1 is 1.40 bits per heavy atom. The van der Waals surface area contributed by atoms with Gasteiger partial charge in [0.05, 0.1) is 6.54 Å². The Morgan fingerprint density at radius 3 is 1.50 bits per heavy atom. The molecule has 0 bridgehead atoms. The van der Waals surface area contributed by atoms with Crippen LogP contribution in [-0.4, -0.2) is 35.1 Å². The molecule has 0 saturated heterocycles. The number of hydrogen-bond donors (Lipinski definition) is 4. The Labute approximate surface area is 57.0 Å². The summed E-state index contributed by atoms with van der Waals surface area (Å²) in [6.07, 6.45) is 0. The van der Waals surface area contributed by atoms with Crippen LogP contribution in [-0.2, 0) is 15.2 Å². The first-order chi connectivity index (χ1) is 4.27. The van der Waals surface area contributed by atoms with E-state index in [0.29, 0.717) is 0 Å². The smallest absolute Gasteiger partial charge is 0.394 e. The zero-order valence-electron chi connectivity index (χ0n) is 4.76. The van der Waals surface area contributed by atoms with Gasteiger partial charge in [0.15, 0.2) is 0 Å². The molecule has 0 aromatic heterocycles. The van der Waals surface area contributed by atoms with Gasteiger partial charge in [-0.3, -0.25) is 13.9 Å². The monoisotopic (exact) mass is 173 g/mol. The maximum absolute atomic E-state index is 9.24. The normalized spacial score (nSPS) is 9.50. The molecule has 0 aliphatic rings. The summed E-state index contributed by atoms with van der Waals surface area (Å²) in [5.74, 6) is -0.968. The van der Waals surface area contributed by atoms with Gasteiger partial charge in [0.2, 0.25) is 0 Å². The number of carboxylic acids is 1. The molecule has 8 heteroatoms. The van der Waals surface area contributed by atoms with E-state index in [1.807, 2.05) is 0 Å². The van der Waals surface area contributed by atoms with E-state index in [4.69, 9.17) is 22.6 Å². The fourth-order valence-electron chi connectivity index (χ4n) is 0.